The van der Waals surface area contributed by atoms with Crippen molar-refractivity contribution in [3.8, 4) is 0 Å². The van der Waals surface area contributed by atoms with Gasteiger partial charge in [-0.3, -0.25) is 9.10 Å². The van der Waals surface area contributed by atoms with Crippen molar-refractivity contribution in [3.63, 3.8) is 0 Å². The maximum Gasteiger partial charge on any atom is 0.420 e. The molecule has 6 heteroatoms. The van der Waals surface area contributed by atoms with Crippen LogP contribution in [0.4, 0.5) is 4.79 Å². The molecular weight excluding hydrogens is 266 g/mol. The third-order valence-electron chi connectivity index (χ3n) is 2.84. The lowest BCUT2D eigenvalue weighted by atomic mass is 9.97. The van der Waals surface area contributed by atoms with Crippen LogP contribution < -0.4 is 0 Å². The Kier molecular flexibility index (Phi) is 7.26. The van der Waals surface area contributed by atoms with Crippen molar-refractivity contribution in [1.29, 1.82) is 0 Å². The molecule has 0 saturated heterocycles. The molecule has 1 amide bonds. The highest BCUT2D eigenvalue weighted by atomic mass is 32.1. The zero-order valence-electron chi connectivity index (χ0n) is 12.3. The molecule has 0 bridgehead atoms. The zero-order valence-corrected chi connectivity index (χ0v) is 13.2. The van der Waals surface area contributed by atoms with E-state index in [1.165, 1.54) is 4.31 Å². The lowest BCUT2D eigenvalue weighted by molar-refractivity contribution is -0.137. The van der Waals surface area contributed by atoms with Crippen molar-refractivity contribution in [1.82, 2.24) is 4.31 Å². The number of rotatable bonds is 6. The summed E-state index contributed by atoms with van der Waals surface area (Å²) in [7, 11) is 0. The fourth-order valence-electron chi connectivity index (χ4n) is 1.53. The smallest absolute Gasteiger partial charge is 0.420 e. The Hall–Kier alpha value is -0.910. The molecule has 0 aliphatic carbocycles. The predicted molar refractivity (Wildman–Crippen MR) is 77.2 cm³/mol. The van der Waals surface area contributed by atoms with E-state index in [2.05, 4.69) is 12.8 Å². The number of nitrogens with zero attached hydrogens (tertiary/aromatic N) is 1. The summed E-state index contributed by atoms with van der Waals surface area (Å²) < 4.78 is 6.50. The summed E-state index contributed by atoms with van der Waals surface area (Å²) in [5.41, 5.74) is -0.551. The van der Waals surface area contributed by atoms with Gasteiger partial charge in [0, 0.05) is 12.5 Å². The van der Waals surface area contributed by atoms with Crippen LogP contribution in [0.2, 0.25) is 0 Å². The van der Waals surface area contributed by atoms with E-state index in [0.29, 0.717) is 6.42 Å². The minimum absolute atomic E-state index is 0.119. The fourth-order valence-corrected chi connectivity index (χ4v) is 1.80. The topological polar surface area (TPSA) is 66.8 Å². The van der Waals surface area contributed by atoms with Crippen LogP contribution in [0.3, 0.4) is 0 Å². The van der Waals surface area contributed by atoms with Crippen molar-refractivity contribution in [2.75, 3.05) is 0 Å². The number of thiol groups is 1. The molecule has 1 N–H and O–H groups in total. The van der Waals surface area contributed by atoms with Crippen LogP contribution in [-0.4, -0.2) is 33.1 Å². The molecule has 0 aromatic heterocycles. The van der Waals surface area contributed by atoms with Gasteiger partial charge < -0.3 is 9.84 Å². The van der Waals surface area contributed by atoms with E-state index in [-0.39, 0.29) is 18.4 Å². The first kappa shape index (κ1) is 18.1. The van der Waals surface area contributed by atoms with Crippen LogP contribution in [0.5, 0.6) is 0 Å². The summed E-state index contributed by atoms with van der Waals surface area (Å²) in [5.74, 6) is -0.640. The SMILES string of the molecule is C[C@H](CCCC(=O)O)[C@@H](C)N(S)C(=O)OC(C)(C)C. The first-order chi connectivity index (χ1) is 8.54. The predicted octanol–water partition coefficient (Wildman–Crippen LogP) is 3.35. The molecule has 0 rings (SSSR count). The molecule has 0 fully saturated rings. The number of carboxylic acids is 1. The highest BCUT2D eigenvalue weighted by Gasteiger charge is 2.26. The van der Waals surface area contributed by atoms with Crippen LogP contribution in [0.1, 0.15) is 53.9 Å². The Morgan fingerprint density at radius 3 is 2.26 bits per heavy atom. The standard InChI is InChI=1S/C13H25NO4S/c1-9(7-6-8-11(15)16)10(2)14(19)12(17)18-13(3,4)5/h9-10,19H,6-8H2,1-5H3,(H,15,16)/t9-,10-/m1/s1. The lowest BCUT2D eigenvalue weighted by Gasteiger charge is -2.30. The third kappa shape index (κ3) is 7.97. The molecule has 0 saturated carbocycles. The highest BCUT2D eigenvalue weighted by Crippen LogP contribution is 2.21. The fraction of sp³-hybridized carbons (Fsp3) is 0.846. The van der Waals surface area contributed by atoms with E-state index < -0.39 is 17.7 Å². The highest BCUT2D eigenvalue weighted by molar-refractivity contribution is 7.78. The number of aliphatic carboxylic acids is 1. The Balaban J connectivity index is 4.26. The molecule has 0 aliphatic heterocycles. The van der Waals surface area contributed by atoms with Crippen LogP contribution in [0.25, 0.3) is 0 Å². The monoisotopic (exact) mass is 291 g/mol. The Labute approximate surface area is 120 Å². The molecule has 0 radical (unpaired) electrons. The number of amides is 1. The molecule has 112 valence electrons. The number of carbonyl (C=O) groups is 2. The quantitative estimate of drug-likeness (QED) is 0.736. The number of hydrogen-bond donors (Lipinski definition) is 2. The van der Waals surface area contributed by atoms with E-state index in [4.69, 9.17) is 9.84 Å². The van der Waals surface area contributed by atoms with Gasteiger partial charge in [-0.15, -0.1) is 0 Å². The van der Waals surface area contributed by atoms with Gasteiger partial charge in [-0.05, 0) is 46.5 Å². The van der Waals surface area contributed by atoms with Crippen molar-refractivity contribution in [2.24, 2.45) is 5.92 Å². The van der Waals surface area contributed by atoms with Crippen LogP contribution >= 0.6 is 12.8 Å². The summed E-state index contributed by atoms with van der Waals surface area (Å²) in [6.07, 6.45) is 0.994. The summed E-state index contributed by atoms with van der Waals surface area (Å²) in [5, 5.41) is 8.59. The molecule has 0 unspecified atom stereocenters. The van der Waals surface area contributed by atoms with Gasteiger partial charge in [-0.2, -0.15) is 0 Å². The van der Waals surface area contributed by atoms with Gasteiger partial charge >= 0.3 is 12.1 Å². The number of carbonyl (C=O) groups excluding carboxylic acids is 1. The van der Waals surface area contributed by atoms with Gasteiger partial charge in [0.15, 0.2) is 0 Å². The number of carboxylic acid groups (broad SMARTS) is 1. The molecule has 2 atom stereocenters. The van der Waals surface area contributed by atoms with Crippen LogP contribution in [0, 0.1) is 5.92 Å². The van der Waals surface area contributed by atoms with Gasteiger partial charge in [0.1, 0.15) is 5.60 Å². The zero-order chi connectivity index (χ0) is 15.2. The number of ether oxygens (including phenoxy) is 1. The second kappa shape index (κ2) is 7.62. The minimum atomic E-state index is -0.797. The van der Waals surface area contributed by atoms with Gasteiger partial charge in [0.25, 0.3) is 0 Å². The van der Waals surface area contributed by atoms with Crippen molar-refractivity contribution in [3.05, 3.63) is 0 Å². The summed E-state index contributed by atoms with van der Waals surface area (Å²) in [4.78, 5) is 22.3. The van der Waals surface area contributed by atoms with E-state index >= 15 is 0 Å². The average Bonchev–Trinajstić information content (AvgIpc) is 2.23. The molecule has 0 heterocycles. The molecule has 5 nitrogen and oxygen atoms in total. The van der Waals surface area contributed by atoms with Gasteiger partial charge in [-0.25, -0.2) is 4.79 Å². The summed E-state index contributed by atoms with van der Waals surface area (Å²) in [6, 6.07) is -0.119. The normalized spacial score (nSPS) is 14.6. The van der Waals surface area contributed by atoms with Crippen molar-refractivity contribution in [2.45, 2.75) is 65.5 Å². The van der Waals surface area contributed by atoms with Crippen molar-refractivity contribution < 1.29 is 19.4 Å². The van der Waals surface area contributed by atoms with Crippen molar-refractivity contribution >= 4 is 24.9 Å². The summed E-state index contributed by atoms with van der Waals surface area (Å²) in [6.45, 7) is 9.25. The molecule has 0 aromatic carbocycles. The Morgan fingerprint density at radius 1 is 1.32 bits per heavy atom. The maximum atomic E-state index is 11.8. The van der Waals surface area contributed by atoms with Gasteiger partial charge in [0.2, 0.25) is 0 Å². The molecule has 0 aliphatic rings. The average molecular weight is 291 g/mol. The third-order valence-corrected chi connectivity index (χ3v) is 3.37. The largest absolute Gasteiger partial charge is 0.481 e. The first-order valence-corrected chi connectivity index (χ1v) is 6.87. The van der Waals surface area contributed by atoms with Gasteiger partial charge in [-0.1, -0.05) is 19.7 Å². The maximum absolute atomic E-state index is 11.8. The molecule has 0 spiro atoms. The second-order valence-corrected chi connectivity index (χ2v) is 6.26. The second-order valence-electron chi connectivity index (χ2n) is 5.83. The number of hydrogen-bond acceptors (Lipinski definition) is 4. The van der Waals surface area contributed by atoms with E-state index in [1.54, 1.807) is 20.8 Å². The minimum Gasteiger partial charge on any atom is -0.481 e. The molecule has 19 heavy (non-hydrogen) atoms. The van der Waals surface area contributed by atoms with E-state index in [9.17, 15) is 9.59 Å². The van der Waals surface area contributed by atoms with E-state index in [0.717, 1.165) is 6.42 Å². The van der Waals surface area contributed by atoms with E-state index in [1.807, 2.05) is 13.8 Å². The van der Waals surface area contributed by atoms with Crippen LogP contribution in [0.15, 0.2) is 0 Å². The molecular formula is C13H25NO4S. The summed E-state index contributed by atoms with van der Waals surface area (Å²) >= 11 is 4.18. The lowest BCUT2D eigenvalue weighted by Crippen LogP contribution is -2.39. The molecule has 0 aromatic rings. The van der Waals surface area contributed by atoms with Gasteiger partial charge in [0.05, 0.1) is 0 Å². The Morgan fingerprint density at radius 2 is 1.84 bits per heavy atom. The van der Waals surface area contributed by atoms with Crippen LogP contribution in [-0.2, 0) is 9.53 Å². The first-order valence-electron chi connectivity index (χ1n) is 6.47. The Bertz CT molecular complexity index is 314.